The van der Waals surface area contributed by atoms with E-state index >= 15 is 4.39 Å². The van der Waals surface area contributed by atoms with Crippen LogP contribution >= 0.6 is 0 Å². The summed E-state index contributed by atoms with van der Waals surface area (Å²) >= 11 is 0. The molecule has 8 rings (SSSR count). The molecule has 256 valence electrons. The SMILES string of the molecule is COc1cccc(C2(F)CCN(C(c3cc4cc5ccc(cc6nc(cc7nc(cc3[nH]4)C=C7)C=C6)[nH]5)C(Cc3ccccc3)C(=O)O)CC2)c1. The summed E-state index contributed by atoms with van der Waals surface area (Å²) in [6.45, 7) is 0.747. The predicted octanol–water partition coefficient (Wildman–Crippen LogP) is 8.61. The Labute approximate surface area is 295 Å². The lowest BCUT2D eigenvalue weighted by molar-refractivity contribution is -0.145. The van der Waals surface area contributed by atoms with Gasteiger partial charge in [0.15, 0.2) is 0 Å². The Hall–Kier alpha value is -5.80. The number of nitrogens with one attached hydrogen (secondary N) is 2. The lowest BCUT2D eigenvalue weighted by Gasteiger charge is -2.42. The number of methoxy groups -OCH3 is 1. The molecule has 0 radical (unpaired) electrons. The van der Waals surface area contributed by atoms with Crippen molar-refractivity contribution in [3.05, 3.63) is 137 Å². The normalized spacial score (nSPS) is 16.5. The first-order valence-electron chi connectivity index (χ1n) is 17.2. The van der Waals surface area contributed by atoms with Crippen LogP contribution in [0.5, 0.6) is 5.75 Å². The summed E-state index contributed by atoms with van der Waals surface area (Å²) in [6, 6.07) is 30.3. The van der Waals surface area contributed by atoms with Crippen LogP contribution in [0.1, 0.15) is 58.3 Å². The average Bonchev–Trinajstić information content (AvgIpc) is 3.96. The van der Waals surface area contributed by atoms with Crippen molar-refractivity contribution in [3.63, 3.8) is 0 Å². The Bertz CT molecular complexity index is 2320. The van der Waals surface area contributed by atoms with Crippen molar-refractivity contribution in [2.45, 2.75) is 31.0 Å². The quantitative estimate of drug-likeness (QED) is 0.149. The smallest absolute Gasteiger partial charge is 0.308 e. The number of benzene rings is 2. The van der Waals surface area contributed by atoms with Crippen molar-refractivity contribution in [2.24, 2.45) is 5.92 Å². The number of aliphatic carboxylic acids is 1. The van der Waals surface area contributed by atoms with E-state index in [1.165, 1.54) is 0 Å². The number of hydrogen-bond donors (Lipinski definition) is 3. The number of nitrogens with zero attached hydrogens (tertiary/aromatic N) is 3. The summed E-state index contributed by atoms with van der Waals surface area (Å²) in [5, 5.41) is 10.9. The van der Waals surface area contributed by atoms with Gasteiger partial charge in [0.1, 0.15) is 11.4 Å². The number of carboxylic acids is 1. The van der Waals surface area contributed by atoms with E-state index in [9.17, 15) is 9.90 Å². The van der Waals surface area contributed by atoms with Gasteiger partial charge in [0.2, 0.25) is 0 Å². The van der Waals surface area contributed by atoms with Crippen LogP contribution in [0.2, 0.25) is 0 Å². The third kappa shape index (κ3) is 6.85. The first-order chi connectivity index (χ1) is 24.8. The number of aromatic amines is 2. The number of H-pyrrole nitrogens is 2. The molecule has 0 saturated carbocycles. The fourth-order valence-electron chi connectivity index (χ4n) is 7.50. The molecule has 8 bridgehead atoms. The summed E-state index contributed by atoms with van der Waals surface area (Å²) in [5.74, 6) is -1.11. The topological polar surface area (TPSA) is 107 Å². The average molecular weight is 680 g/mol. The summed E-state index contributed by atoms with van der Waals surface area (Å²) in [5.41, 5.74) is 7.31. The molecular formula is C42H38FN5O3. The van der Waals surface area contributed by atoms with E-state index in [2.05, 4.69) is 14.9 Å². The van der Waals surface area contributed by atoms with E-state index < -0.39 is 23.6 Å². The Morgan fingerprint density at radius 1 is 0.804 bits per heavy atom. The number of likely N-dealkylation sites (tertiary alicyclic amines) is 1. The molecule has 3 aliphatic heterocycles. The zero-order valence-corrected chi connectivity index (χ0v) is 28.2. The predicted molar refractivity (Wildman–Crippen MR) is 199 cm³/mol. The molecule has 51 heavy (non-hydrogen) atoms. The highest BCUT2D eigenvalue weighted by molar-refractivity contribution is 5.79. The van der Waals surface area contributed by atoms with E-state index in [0.717, 1.165) is 56.0 Å². The van der Waals surface area contributed by atoms with Gasteiger partial charge in [0, 0.05) is 35.2 Å². The molecule has 0 spiro atoms. The van der Waals surface area contributed by atoms with Gasteiger partial charge in [0.05, 0.1) is 41.8 Å². The van der Waals surface area contributed by atoms with Gasteiger partial charge in [-0.3, -0.25) is 9.69 Å². The van der Waals surface area contributed by atoms with Crippen molar-refractivity contribution < 1.29 is 19.0 Å². The van der Waals surface area contributed by atoms with Crippen LogP contribution in [0, 0.1) is 5.92 Å². The Morgan fingerprint density at radius 2 is 1.47 bits per heavy atom. The molecule has 8 nitrogen and oxygen atoms in total. The molecule has 9 heteroatoms. The van der Waals surface area contributed by atoms with E-state index in [-0.39, 0.29) is 12.8 Å². The number of aromatic nitrogens is 4. The maximum absolute atomic E-state index is 16.7. The number of piperidine rings is 1. The van der Waals surface area contributed by atoms with Crippen LogP contribution in [0.25, 0.3) is 46.4 Å². The molecule has 1 fully saturated rings. The molecule has 2 atom stereocenters. The summed E-state index contributed by atoms with van der Waals surface area (Å²) in [7, 11) is 1.58. The molecule has 3 aliphatic rings. The van der Waals surface area contributed by atoms with Gasteiger partial charge in [-0.2, -0.15) is 0 Å². The van der Waals surface area contributed by atoms with Gasteiger partial charge in [-0.15, -0.1) is 0 Å². The van der Waals surface area contributed by atoms with E-state index in [1.54, 1.807) is 13.2 Å². The number of carbonyl (C=O) groups is 1. The van der Waals surface area contributed by atoms with Gasteiger partial charge in [-0.25, -0.2) is 14.4 Å². The van der Waals surface area contributed by atoms with Crippen molar-refractivity contribution >= 4 is 52.3 Å². The lowest BCUT2D eigenvalue weighted by atomic mass is 9.82. The maximum atomic E-state index is 16.7. The molecule has 5 aromatic rings. The van der Waals surface area contributed by atoms with Gasteiger partial charge in [-0.1, -0.05) is 42.5 Å². The highest BCUT2D eigenvalue weighted by atomic mass is 19.1. The summed E-state index contributed by atoms with van der Waals surface area (Å²) in [4.78, 5) is 32.1. The van der Waals surface area contributed by atoms with Crippen LogP contribution in [0.3, 0.4) is 0 Å². The van der Waals surface area contributed by atoms with Gasteiger partial charge < -0.3 is 19.8 Å². The highest BCUT2D eigenvalue weighted by Gasteiger charge is 2.42. The minimum Gasteiger partial charge on any atom is -0.497 e. The first-order valence-corrected chi connectivity index (χ1v) is 17.2. The molecule has 0 aliphatic carbocycles. The minimum absolute atomic E-state index is 0.222. The number of fused-ring (bicyclic) bond motifs is 8. The van der Waals surface area contributed by atoms with Crippen molar-refractivity contribution in [3.8, 4) is 5.75 Å². The van der Waals surface area contributed by atoms with Crippen LogP contribution in [-0.4, -0.2) is 56.1 Å². The number of ether oxygens (including phenoxy) is 1. The van der Waals surface area contributed by atoms with Gasteiger partial charge in [-0.05, 0) is 115 Å². The second kappa shape index (κ2) is 13.5. The van der Waals surface area contributed by atoms with Crippen molar-refractivity contribution in [1.82, 2.24) is 24.8 Å². The molecule has 3 N–H and O–H groups in total. The van der Waals surface area contributed by atoms with Crippen molar-refractivity contribution in [1.29, 1.82) is 0 Å². The van der Waals surface area contributed by atoms with Crippen molar-refractivity contribution in [2.75, 3.05) is 20.2 Å². The molecule has 3 aromatic heterocycles. The maximum Gasteiger partial charge on any atom is 0.308 e. The second-order valence-electron chi connectivity index (χ2n) is 13.4. The molecule has 2 aromatic carbocycles. The van der Waals surface area contributed by atoms with E-state index in [4.69, 9.17) is 14.7 Å². The molecular weight excluding hydrogens is 641 g/mol. The first kappa shape index (κ1) is 32.4. The number of rotatable bonds is 8. The van der Waals surface area contributed by atoms with Gasteiger partial charge >= 0.3 is 5.97 Å². The highest BCUT2D eigenvalue weighted by Crippen LogP contribution is 2.43. The van der Waals surface area contributed by atoms with Crippen LogP contribution in [0.4, 0.5) is 4.39 Å². The fraction of sp³-hybridized carbons (Fsp3) is 0.214. The van der Waals surface area contributed by atoms with Crippen LogP contribution in [-0.2, 0) is 16.9 Å². The monoisotopic (exact) mass is 679 g/mol. The van der Waals surface area contributed by atoms with Crippen LogP contribution in [0.15, 0.2) is 97.1 Å². The van der Waals surface area contributed by atoms with E-state index in [0.29, 0.717) is 30.8 Å². The van der Waals surface area contributed by atoms with E-state index in [1.807, 2.05) is 115 Å². The molecule has 0 amide bonds. The third-order valence-electron chi connectivity index (χ3n) is 10.1. The second-order valence-corrected chi connectivity index (χ2v) is 13.4. The zero-order valence-electron chi connectivity index (χ0n) is 28.2. The lowest BCUT2D eigenvalue weighted by Crippen LogP contribution is -2.45. The summed E-state index contributed by atoms with van der Waals surface area (Å²) < 4.78 is 22.1. The Kier molecular flexibility index (Phi) is 8.57. The molecule has 2 unspecified atom stereocenters. The largest absolute Gasteiger partial charge is 0.497 e. The third-order valence-corrected chi connectivity index (χ3v) is 10.1. The fourth-order valence-corrected chi connectivity index (χ4v) is 7.50. The van der Waals surface area contributed by atoms with Crippen LogP contribution < -0.4 is 4.74 Å². The number of alkyl halides is 1. The Balaban J connectivity index is 1.28. The number of halogens is 1. The standard InChI is InChI=1S/C42H38FN5O3/c1-51-36-9-5-8-28(21-36)42(43)16-18-48(19-17-42)40(38(41(49)50)20-27-6-3-2-4-7-27)37-25-35-24-33-13-12-31(45-33)22-29-10-11-30(44-29)23-32-14-15-34(46-32)26-39(37)47-35/h2-15,21-26,38,40,45,47H,16-20H2,1H3,(H,49,50). The van der Waals surface area contributed by atoms with Gasteiger partial charge in [0.25, 0.3) is 0 Å². The summed E-state index contributed by atoms with van der Waals surface area (Å²) in [6.07, 6.45) is 8.60. The zero-order chi connectivity index (χ0) is 35.0. The Morgan fingerprint density at radius 3 is 2.16 bits per heavy atom. The minimum atomic E-state index is -1.56. The molecule has 1 saturated heterocycles. The number of carboxylic acid groups (broad SMARTS) is 1. The molecule has 6 heterocycles. The number of hydrogen-bond acceptors (Lipinski definition) is 5.